The minimum atomic E-state index is -0.343. The number of rotatable bonds is 5. The van der Waals surface area contributed by atoms with Crippen molar-refractivity contribution >= 4 is 39.3 Å². The molecule has 0 atom stereocenters. The number of carbonyl (C=O) groups excluding carboxylic acids is 1. The Morgan fingerprint density at radius 2 is 2.05 bits per heavy atom. The van der Waals surface area contributed by atoms with E-state index >= 15 is 0 Å². The summed E-state index contributed by atoms with van der Waals surface area (Å²) in [7, 11) is 0. The molecule has 2 aromatic rings. The summed E-state index contributed by atoms with van der Waals surface area (Å²) in [5, 5.41) is 2.35. The highest BCUT2D eigenvalue weighted by Gasteiger charge is 2.04. The van der Waals surface area contributed by atoms with Crippen LogP contribution in [-0.4, -0.2) is 19.2 Å². The van der Waals surface area contributed by atoms with Gasteiger partial charge in [-0.15, -0.1) is 0 Å². The molecule has 3 nitrogen and oxygen atoms in total. The fourth-order valence-electron chi connectivity index (χ4n) is 1.80. The standard InChI is InChI=1S/C16H15IO3/c1-2-19-15(18)8-5-11-20-14-10-9-12-6-3-4-7-13(12)16(14)17/h3-10H,2,11H2,1H3/b8-5+. The van der Waals surface area contributed by atoms with Gasteiger partial charge >= 0.3 is 5.97 Å². The molecule has 0 aliphatic carbocycles. The predicted octanol–water partition coefficient (Wildman–Crippen LogP) is 3.94. The van der Waals surface area contributed by atoms with Gasteiger partial charge in [0.15, 0.2) is 0 Å². The average molecular weight is 382 g/mol. The van der Waals surface area contributed by atoms with Crippen LogP contribution in [0.4, 0.5) is 0 Å². The molecule has 2 rings (SSSR count). The highest BCUT2D eigenvalue weighted by Crippen LogP contribution is 2.29. The molecule has 0 saturated carbocycles. The fraction of sp³-hybridized carbons (Fsp3) is 0.188. The van der Waals surface area contributed by atoms with E-state index in [1.165, 1.54) is 16.8 Å². The number of carbonyl (C=O) groups is 1. The van der Waals surface area contributed by atoms with Crippen molar-refractivity contribution < 1.29 is 14.3 Å². The third-order valence-corrected chi connectivity index (χ3v) is 3.82. The number of benzene rings is 2. The van der Waals surface area contributed by atoms with Crippen molar-refractivity contribution in [3.63, 3.8) is 0 Å². The van der Waals surface area contributed by atoms with Gasteiger partial charge in [0.2, 0.25) is 0 Å². The molecule has 0 N–H and O–H groups in total. The summed E-state index contributed by atoms with van der Waals surface area (Å²) in [6.07, 6.45) is 3.04. The van der Waals surface area contributed by atoms with Gasteiger partial charge < -0.3 is 9.47 Å². The molecule has 0 radical (unpaired) electrons. The molecule has 20 heavy (non-hydrogen) atoms. The van der Waals surface area contributed by atoms with Gasteiger partial charge in [-0.25, -0.2) is 4.79 Å². The molecular weight excluding hydrogens is 367 g/mol. The van der Waals surface area contributed by atoms with Crippen LogP contribution in [0.15, 0.2) is 48.6 Å². The van der Waals surface area contributed by atoms with Gasteiger partial charge in [-0.3, -0.25) is 0 Å². The van der Waals surface area contributed by atoms with Crippen LogP contribution >= 0.6 is 22.6 Å². The molecule has 0 bridgehead atoms. The lowest BCUT2D eigenvalue weighted by atomic mass is 10.1. The predicted molar refractivity (Wildman–Crippen MR) is 87.9 cm³/mol. The second-order valence-corrected chi connectivity index (χ2v) is 5.14. The maximum absolute atomic E-state index is 11.1. The number of hydrogen-bond donors (Lipinski definition) is 0. The maximum atomic E-state index is 11.1. The lowest BCUT2D eigenvalue weighted by Gasteiger charge is -2.08. The van der Waals surface area contributed by atoms with Gasteiger partial charge in [0.25, 0.3) is 0 Å². The molecule has 0 aromatic heterocycles. The van der Waals surface area contributed by atoms with Crippen molar-refractivity contribution in [1.82, 2.24) is 0 Å². The Morgan fingerprint density at radius 1 is 1.25 bits per heavy atom. The van der Waals surface area contributed by atoms with E-state index in [1.54, 1.807) is 13.0 Å². The Balaban J connectivity index is 2.03. The van der Waals surface area contributed by atoms with E-state index in [9.17, 15) is 4.79 Å². The first-order valence-electron chi connectivity index (χ1n) is 6.35. The van der Waals surface area contributed by atoms with Gasteiger partial charge in [-0.05, 0) is 52.4 Å². The summed E-state index contributed by atoms with van der Waals surface area (Å²) in [6.45, 7) is 2.50. The lowest BCUT2D eigenvalue weighted by Crippen LogP contribution is -2.01. The molecule has 0 heterocycles. The molecule has 0 amide bonds. The second kappa shape index (κ2) is 7.28. The Bertz CT molecular complexity index is 635. The van der Waals surface area contributed by atoms with Crippen molar-refractivity contribution in [3.8, 4) is 5.75 Å². The number of ether oxygens (including phenoxy) is 2. The van der Waals surface area contributed by atoms with Crippen LogP contribution in [0.1, 0.15) is 6.92 Å². The van der Waals surface area contributed by atoms with Crippen LogP contribution in [0.2, 0.25) is 0 Å². The third kappa shape index (κ3) is 3.72. The summed E-state index contributed by atoms with van der Waals surface area (Å²) < 4.78 is 11.5. The molecule has 0 aliphatic heterocycles. The SMILES string of the molecule is CCOC(=O)/C=C/COc1ccc2ccccc2c1I. The van der Waals surface area contributed by atoms with E-state index in [0.717, 1.165) is 9.32 Å². The molecular formula is C16H15IO3. The molecule has 0 aliphatic rings. The van der Waals surface area contributed by atoms with Gasteiger partial charge in [-0.1, -0.05) is 30.3 Å². The van der Waals surface area contributed by atoms with E-state index in [0.29, 0.717) is 13.2 Å². The topological polar surface area (TPSA) is 35.5 Å². The number of esters is 1. The molecule has 0 fully saturated rings. The molecule has 4 heteroatoms. The normalized spacial score (nSPS) is 10.9. The van der Waals surface area contributed by atoms with E-state index < -0.39 is 0 Å². The zero-order valence-electron chi connectivity index (χ0n) is 11.1. The second-order valence-electron chi connectivity index (χ2n) is 4.06. The Morgan fingerprint density at radius 3 is 2.85 bits per heavy atom. The van der Waals surface area contributed by atoms with Crippen LogP contribution in [-0.2, 0) is 9.53 Å². The number of halogens is 1. The average Bonchev–Trinajstić information content (AvgIpc) is 2.46. The summed E-state index contributed by atoms with van der Waals surface area (Å²) in [4.78, 5) is 11.1. The molecule has 2 aromatic carbocycles. The smallest absolute Gasteiger partial charge is 0.330 e. The first-order chi connectivity index (χ1) is 9.72. The Hall–Kier alpha value is -1.56. The van der Waals surface area contributed by atoms with Gasteiger partial charge in [0.05, 0.1) is 10.2 Å². The van der Waals surface area contributed by atoms with Gasteiger partial charge in [-0.2, -0.15) is 0 Å². The third-order valence-electron chi connectivity index (χ3n) is 2.70. The largest absolute Gasteiger partial charge is 0.488 e. The zero-order chi connectivity index (χ0) is 14.4. The minimum absolute atomic E-state index is 0.340. The van der Waals surface area contributed by atoms with Gasteiger partial charge in [0.1, 0.15) is 12.4 Å². The summed E-state index contributed by atoms with van der Waals surface area (Å²) >= 11 is 2.28. The monoisotopic (exact) mass is 382 g/mol. The van der Waals surface area contributed by atoms with E-state index in [4.69, 9.17) is 9.47 Å². The van der Waals surface area contributed by atoms with Crippen molar-refractivity contribution in [2.24, 2.45) is 0 Å². The fourth-order valence-corrected chi connectivity index (χ4v) is 2.62. The lowest BCUT2D eigenvalue weighted by molar-refractivity contribution is -0.137. The quantitative estimate of drug-likeness (QED) is 0.447. The van der Waals surface area contributed by atoms with Crippen molar-refractivity contribution in [2.75, 3.05) is 13.2 Å². The van der Waals surface area contributed by atoms with Crippen molar-refractivity contribution in [2.45, 2.75) is 6.92 Å². The number of hydrogen-bond acceptors (Lipinski definition) is 3. The van der Waals surface area contributed by atoms with Crippen LogP contribution in [0.3, 0.4) is 0 Å². The van der Waals surface area contributed by atoms with E-state index in [2.05, 4.69) is 34.7 Å². The molecule has 104 valence electrons. The Labute approximate surface area is 131 Å². The highest BCUT2D eigenvalue weighted by atomic mass is 127. The number of fused-ring (bicyclic) bond motifs is 1. The van der Waals surface area contributed by atoms with E-state index in [-0.39, 0.29) is 5.97 Å². The molecule has 0 spiro atoms. The summed E-state index contributed by atoms with van der Waals surface area (Å²) in [5.74, 6) is 0.474. The van der Waals surface area contributed by atoms with Crippen molar-refractivity contribution in [3.05, 3.63) is 52.1 Å². The highest BCUT2D eigenvalue weighted by molar-refractivity contribution is 14.1. The maximum Gasteiger partial charge on any atom is 0.330 e. The minimum Gasteiger partial charge on any atom is -0.488 e. The van der Waals surface area contributed by atoms with Crippen molar-refractivity contribution in [1.29, 1.82) is 0 Å². The van der Waals surface area contributed by atoms with Gasteiger partial charge in [0, 0.05) is 6.08 Å². The van der Waals surface area contributed by atoms with Crippen LogP contribution in [0.5, 0.6) is 5.75 Å². The summed E-state index contributed by atoms with van der Waals surface area (Å²) in [6, 6.07) is 12.1. The Kier molecular flexibility index (Phi) is 5.40. The van der Waals surface area contributed by atoms with Crippen LogP contribution in [0, 0.1) is 3.57 Å². The van der Waals surface area contributed by atoms with E-state index in [1.807, 2.05) is 24.3 Å². The first kappa shape index (κ1) is 14.8. The molecule has 0 saturated heterocycles. The first-order valence-corrected chi connectivity index (χ1v) is 7.43. The molecule has 0 unspecified atom stereocenters. The van der Waals surface area contributed by atoms with Crippen LogP contribution < -0.4 is 4.74 Å². The van der Waals surface area contributed by atoms with Crippen LogP contribution in [0.25, 0.3) is 10.8 Å². The summed E-state index contributed by atoms with van der Waals surface area (Å²) in [5.41, 5.74) is 0. The zero-order valence-corrected chi connectivity index (χ0v) is 13.3.